The molecule has 2 unspecified atom stereocenters. The van der Waals surface area contributed by atoms with E-state index in [-0.39, 0.29) is 5.91 Å². The number of benzene rings is 1. The Morgan fingerprint density at radius 1 is 1.24 bits per heavy atom. The second kappa shape index (κ2) is 7.95. The normalized spacial score (nSPS) is 22.3. The minimum absolute atomic E-state index is 0.0328. The SMILES string of the molecule is CC(C)C1CCCCC1NCC(=O)Nc1ccc(Br)cc1. The molecule has 0 spiro atoms. The van der Waals surface area contributed by atoms with Crippen molar-refractivity contribution in [3.8, 4) is 0 Å². The zero-order chi connectivity index (χ0) is 15.2. The van der Waals surface area contributed by atoms with E-state index in [1.807, 2.05) is 24.3 Å². The van der Waals surface area contributed by atoms with Gasteiger partial charge in [-0.15, -0.1) is 0 Å². The van der Waals surface area contributed by atoms with Crippen molar-refractivity contribution in [2.75, 3.05) is 11.9 Å². The first-order valence-electron chi connectivity index (χ1n) is 7.85. The van der Waals surface area contributed by atoms with Crippen LogP contribution in [0.3, 0.4) is 0 Å². The standard InChI is InChI=1S/C17H25BrN2O/c1-12(2)15-5-3-4-6-16(15)19-11-17(21)20-14-9-7-13(18)8-10-14/h7-10,12,15-16,19H,3-6,11H2,1-2H3,(H,20,21). The lowest BCUT2D eigenvalue weighted by Crippen LogP contribution is -2.44. The molecular weight excluding hydrogens is 328 g/mol. The summed E-state index contributed by atoms with van der Waals surface area (Å²) in [4.78, 5) is 12.0. The van der Waals surface area contributed by atoms with E-state index in [0.29, 0.717) is 24.4 Å². The fourth-order valence-electron chi connectivity index (χ4n) is 3.17. The highest BCUT2D eigenvalue weighted by Gasteiger charge is 2.27. The molecule has 1 aliphatic rings. The van der Waals surface area contributed by atoms with Crippen molar-refractivity contribution in [3.05, 3.63) is 28.7 Å². The van der Waals surface area contributed by atoms with Gasteiger partial charge in [-0.3, -0.25) is 4.79 Å². The Kier molecular flexibility index (Phi) is 6.24. The molecule has 0 bridgehead atoms. The maximum Gasteiger partial charge on any atom is 0.238 e. The van der Waals surface area contributed by atoms with Crippen LogP contribution in [0.15, 0.2) is 28.7 Å². The summed E-state index contributed by atoms with van der Waals surface area (Å²) in [5.74, 6) is 1.40. The molecule has 3 nitrogen and oxygen atoms in total. The number of anilines is 1. The van der Waals surface area contributed by atoms with Crippen molar-refractivity contribution in [2.45, 2.75) is 45.6 Å². The summed E-state index contributed by atoms with van der Waals surface area (Å²) in [5.41, 5.74) is 0.842. The summed E-state index contributed by atoms with van der Waals surface area (Å²) in [7, 11) is 0. The third-order valence-corrected chi connectivity index (χ3v) is 4.86. The second-order valence-corrected chi connectivity index (χ2v) is 7.15. The Balaban J connectivity index is 1.81. The van der Waals surface area contributed by atoms with Gasteiger partial charge in [-0.05, 0) is 48.9 Å². The van der Waals surface area contributed by atoms with Gasteiger partial charge < -0.3 is 10.6 Å². The van der Waals surface area contributed by atoms with Crippen LogP contribution in [0.25, 0.3) is 0 Å². The lowest BCUT2D eigenvalue weighted by atomic mass is 9.78. The van der Waals surface area contributed by atoms with Crippen LogP contribution in [0.2, 0.25) is 0 Å². The summed E-state index contributed by atoms with van der Waals surface area (Å²) < 4.78 is 1.01. The fraction of sp³-hybridized carbons (Fsp3) is 0.588. The van der Waals surface area contributed by atoms with E-state index in [4.69, 9.17) is 0 Å². The quantitative estimate of drug-likeness (QED) is 0.833. The number of rotatable bonds is 5. The molecule has 2 N–H and O–H groups in total. The van der Waals surface area contributed by atoms with Gasteiger partial charge in [0.05, 0.1) is 6.54 Å². The van der Waals surface area contributed by atoms with Crippen LogP contribution >= 0.6 is 15.9 Å². The molecule has 1 aliphatic carbocycles. The summed E-state index contributed by atoms with van der Waals surface area (Å²) in [6, 6.07) is 8.14. The van der Waals surface area contributed by atoms with E-state index in [9.17, 15) is 4.79 Å². The molecule has 0 aromatic heterocycles. The molecule has 1 aromatic rings. The van der Waals surface area contributed by atoms with Crippen LogP contribution in [0.1, 0.15) is 39.5 Å². The van der Waals surface area contributed by atoms with Gasteiger partial charge in [0.25, 0.3) is 0 Å². The smallest absolute Gasteiger partial charge is 0.238 e. The maximum atomic E-state index is 12.0. The summed E-state index contributed by atoms with van der Waals surface area (Å²) in [5, 5.41) is 6.39. The van der Waals surface area contributed by atoms with E-state index in [1.54, 1.807) is 0 Å². The molecular formula is C17H25BrN2O. The Bertz CT molecular complexity index is 458. The molecule has 2 atom stereocenters. The van der Waals surface area contributed by atoms with Gasteiger partial charge >= 0.3 is 0 Å². The Morgan fingerprint density at radius 2 is 1.90 bits per heavy atom. The lowest BCUT2D eigenvalue weighted by Gasteiger charge is -2.35. The number of halogens is 1. The van der Waals surface area contributed by atoms with Crippen LogP contribution in [-0.4, -0.2) is 18.5 Å². The number of amides is 1. The first kappa shape index (κ1) is 16.5. The van der Waals surface area contributed by atoms with E-state index in [2.05, 4.69) is 40.4 Å². The van der Waals surface area contributed by atoms with Crippen molar-refractivity contribution in [1.29, 1.82) is 0 Å². The molecule has 116 valence electrons. The van der Waals surface area contributed by atoms with Crippen molar-refractivity contribution in [3.63, 3.8) is 0 Å². The summed E-state index contributed by atoms with van der Waals surface area (Å²) in [6.07, 6.45) is 5.07. The van der Waals surface area contributed by atoms with Gasteiger partial charge in [0.1, 0.15) is 0 Å². The molecule has 1 aromatic carbocycles. The van der Waals surface area contributed by atoms with Crippen molar-refractivity contribution in [1.82, 2.24) is 5.32 Å². The van der Waals surface area contributed by atoms with Crippen LogP contribution in [0, 0.1) is 11.8 Å². The topological polar surface area (TPSA) is 41.1 Å². The molecule has 0 radical (unpaired) electrons. The highest BCUT2D eigenvalue weighted by atomic mass is 79.9. The number of hydrogen-bond donors (Lipinski definition) is 2. The van der Waals surface area contributed by atoms with Gasteiger partial charge in [0.2, 0.25) is 5.91 Å². The highest BCUT2D eigenvalue weighted by molar-refractivity contribution is 9.10. The van der Waals surface area contributed by atoms with Gasteiger partial charge in [0.15, 0.2) is 0 Å². The molecule has 1 amide bonds. The third kappa shape index (κ3) is 5.11. The molecule has 0 aliphatic heterocycles. The summed E-state index contributed by atoms with van der Waals surface area (Å²) in [6.45, 7) is 4.96. The third-order valence-electron chi connectivity index (χ3n) is 4.33. The zero-order valence-electron chi connectivity index (χ0n) is 12.9. The number of carbonyl (C=O) groups excluding carboxylic acids is 1. The minimum atomic E-state index is 0.0328. The average molecular weight is 353 g/mol. The molecule has 1 fully saturated rings. The Labute approximate surface area is 136 Å². The molecule has 1 saturated carbocycles. The minimum Gasteiger partial charge on any atom is -0.325 e. The fourth-order valence-corrected chi connectivity index (χ4v) is 3.44. The zero-order valence-corrected chi connectivity index (χ0v) is 14.4. The molecule has 21 heavy (non-hydrogen) atoms. The predicted molar refractivity (Wildman–Crippen MR) is 91.4 cm³/mol. The Morgan fingerprint density at radius 3 is 2.57 bits per heavy atom. The predicted octanol–water partition coefficient (Wildman–Crippen LogP) is 4.19. The second-order valence-electron chi connectivity index (χ2n) is 6.23. The van der Waals surface area contributed by atoms with Crippen LogP contribution in [0.4, 0.5) is 5.69 Å². The number of hydrogen-bond acceptors (Lipinski definition) is 2. The van der Waals surface area contributed by atoms with Crippen molar-refractivity contribution < 1.29 is 4.79 Å². The first-order valence-corrected chi connectivity index (χ1v) is 8.64. The van der Waals surface area contributed by atoms with Gasteiger partial charge in [-0.1, -0.05) is 42.6 Å². The molecule has 0 saturated heterocycles. The largest absolute Gasteiger partial charge is 0.325 e. The molecule has 0 heterocycles. The lowest BCUT2D eigenvalue weighted by molar-refractivity contribution is -0.115. The van der Waals surface area contributed by atoms with E-state index in [1.165, 1.54) is 25.7 Å². The molecule has 2 rings (SSSR count). The van der Waals surface area contributed by atoms with Gasteiger partial charge in [-0.2, -0.15) is 0 Å². The average Bonchev–Trinajstić information content (AvgIpc) is 2.48. The van der Waals surface area contributed by atoms with Crippen LogP contribution < -0.4 is 10.6 Å². The van der Waals surface area contributed by atoms with E-state index in [0.717, 1.165) is 10.2 Å². The Hall–Kier alpha value is -0.870. The summed E-state index contributed by atoms with van der Waals surface area (Å²) >= 11 is 3.39. The van der Waals surface area contributed by atoms with Gasteiger partial charge in [-0.25, -0.2) is 0 Å². The first-order chi connectivity index (χ1) is 10.1. The van der Waals surface area contributed by atoms with E-state index < -0.39 is 0 Å². The van der Waals surface area contributed by atoms with Crippen molar-refractivity contribution >= 4 is 27.5 Å². The monoisotopic (exact) mass is 352 g/mol. The van der Waals surface area contributed by atoms with E-state index >= 15 is 0 Å². The maximum absolute atomic E-state index is 12.0. The van der Waals surface area contributed by atoms with Crippen LogP contribution in [-0.2, 0) is 4.79 Å². The highest BCUT2D eigenvalue weighted by Crippen LogP contribution is 2.30. The number of carbonyl (C=O) groups is 1. The molecule has 4 heteroatoms. The van der Waals surface area contributed by atoms with Crippen molar-refractivity contribution in [2.24, 2.45) is 11.8 Å². The van der Waals surface area contributed by atoms with Gasteiger partial charge in [0, 0.05) is 16.2 Å². The van der Waals surface area contributed by atoms with Crippen LogP contribution in [0.5, 0.6) is 0 Å². The number of nitrogens with one attached hydrogen (secondary N) is 2.